The van der Waals surface area contributed by atoms with Gasteiger partial charge in [-0.1, -0.05) is 49.3 Å². The van der Waals surface area contributed by atoms with E-state index in [2.05, 4.69) is 25.7 Å². The van der Waals surface area contributed by atoms with Crippen LogP contribution in [-0.2, 0) is 6.54 Å². The maximum Gasteiger partial charge on any atom is 0.315 e. The van der Waals surface area contributed by atoms with Crippen LogP contribution in [0.2, 0.25) is 0 Å². The summed E-state index contributed by atoms with van der Waals surface area (Å²) in [5.41, 5.74) is 3.14. The van der Waals surface area contributed by atoms with Crippen molar-refractivity contribution in [1.82, 2.24) is 20.4 Å². The van der Waals surface area contributed by atoms with Gasteiger partial charge in [-0.05, 0) is 5.56 Å². The SMILES string of the molecule is CC(C)c1nnc(NCc2cn[nH]c2-c2ccccc2)o1. The highest BCUT2D eigenvalue weighted by atomic mass is 16.4. The molecule has 0 bridgehead atoms. The quantitative estimate of drug-likeness (QED) is 0.751. The van der Waals surface area contributed by atoms with Crippen molar-refractivity contribution in [3.8, 4) is 11.3 Å². The van der Waals surface area contributed by atoms with E-state index in [4.69, 9.17) is 4.42 Å². The second-order valence-corrected chi connectivity index (χ2v) is 5.09. The van der Waals surface area contributed by atoms with E-state index in [1.165, 1.54) is 0 Å². The fourth-order valence-electron chi connectivity index (χ4n) is 2.01. The highest BCUT2D eigenvalue weighted by Gasteiger charge is 2.11. The second kappa shape index (κ2) is 5.78. The minimum atomic E-state index is 0.224. The summed E-state index contributed by atoms with van der Waals surface area (Å²) in [5.74, 6) is 0.856. The van der Waals surface area contributed by atoms with E-state index in [1.54, 1.807) is 6.20 Å². The molecule has 3 aromatic rings. The zero-order chi connectivity index (χ0) is 14.7. The van der Waals surface area contributed by atoms with Crippen molar-refractivity contribution in [1.29, 1.82) is 0 Å². The lowest BCUT2D eigenvalue weighted by Gasteiger charge is -2.03. The summed E-state index contributed by atoms with van der Waals surface area (Å²) in [7, 11) is 0. The molecule has 2 heterocycles. The Bertz CT molecular complexity index is 702. The minimum absolute atomic E-state index is 0.224. The van der Waals surface area contributed by atoms with Crippen molar-refractivity contribution >= 4 is 6.01 Å². The summed E-state index contributed by atoms with van der Waals surface area (Å²) in [6, 6.07) is 10.5. The van der Waals surface area contributed by atoms with Crippen molar-refractivity contribution in [2.24, 2.45) is 0 Å². The van der Waals surface area contributed by atoms with Crippen molar-refractivity contribution in [3.63, 3.8) is 0 Å². The highest BCUT2D eigenvalue weighted by molar-refractivity contribution is 5.62. The number of hydrogen-bond donors (Lipinski definition) is 2. The molecule has 0 fully saturated rings. The number of aromatic amines is 1. The van der Waals surface area contributed by atoms with E-state index in [-0.39, 0.29) is 5.92 Å². The second-order valence-electron chi connectivity index (χ2n) is 5.09. The summed E-state index contributed by atoms with van der Waals surface area (Å²) in [5, 5.41) is 18.2. The van der Waals surface area contributed by atoms with E-state index in [0.717, 1.165) is 16.8 Å². The largest absolute Gasteiger partial charge is 0.408 e. The molecular formula is C15H17N5O. The van der Waals surface area contributed by atoms with Gasteiger partial charge in [-0.25, -0.2) is 0 Å². The molecule has 108 valence electrons. The Balaban J connectivity index is 1.73. The molecule has 2 N–H and O–H groups in total. The molecule has 0 saturated heterocycles. The summed E-state index contributed by atoms with van der Waals surface area (Å²) in [6.45, 7) is 4.60. The standard InChI is InChI=1S/C15H17N5O/c1-10(2)14-19-20-15(21-14)16-8-12-9-17-18-13(12)11-6-4-3-5-7-11/h3-7,9-10H,8H2,1-2H3,(H,16,20)(H,17,18). The van der Waals surface area contributed by atoms with Crippen LogP contribution in [0.5, 0.6) is 0 Å². The summed E-state index contributed by atoms with van der Waals surface area (Å²) in [4.78, 5) is 0. The molecule has 0 spiro atoms. The van der Waals surface area contributed by atoms with Crippen molar-refractivity contribution in [2.75, 3.05) is 5.32 Å². The molecular weight excluding hydrogens is 266 g/mol. The fraction of sp³-hybridized carbons (Fsp3) is 0.267. The molecule has 0 saturated carbocycles. The van der Waals surface area contributed by atoms with Crippen molar-refractivity contribution < 1.29 is 4.42 Å². The van der Waals surface area contributed by atoms with Gasteiger partial charge in [0.1, 0.15) is 0 Å². The average Bonchev–Trinajstić information content (AvgIpc) is 3.15. The Morgan fingerprint density at radius 3 is 2.71 bits per heavy atom. The minimum Gasteiger partial charge on any atom is -0.408 e. The third-order valence-electron chi connectivity index (χ3n) is 3.14. The first-order chi connectivity index (χ1) is 10.2. The third kappa shape index (κ3) is 2.94. The summed E-state index contributed by atoms with van der Waals surface area (Å²) >= 11 is 0. The predicted molar refractivity (Wildman–Crippen MR) is 79.7 cm³/mol. The molecule has 2 aromatic heterocycles. The van der Waals surface area contributed by atoms with Gasteiger partial charge in [-0.15, -0.1) is 5.10 Å². The average molecular weight is 283 g/mol. The van der Waals surface area contributed by atoms with Gasteiger partial charge < -0.3 is 9.73 Å². The number of nitrogens with zero attached hydrogens (tertiary/aromatic N) is 3. The number of anilines is 1. The maximum atomic E-state index is 5.52. The molecule has 6 nitrogen and oxygen atoms in total. The Morgan fingerprint density at radius 2 is 2.00 bits per heavy atom. The number of aromatic nitrogens is 4. The van der Waals surface area contributed by atoms with Gasteiger partial charge in [-0.2, -0.15) is 5.10 Å². The molecule has 0 aliphatic rings. The van der Waals surface area contributed by atoms with E-state index < -0.39 is 0 Å². The smallest absolute Gasteiger partial charge is 0.315 e. The molecule has 0 unspecified atom stereocenters. The molecule has 1 aromatic carbocycles. The van der Waals surface area contributed by atoms with Crippen molar-refractivity contribution in [3.05, 3.63) is 48.0 Å². The van der Waals surface area contributed by atoms with Crippen LogP contribution >= 0.6 is 0 Å². The van der Waals surface area contributed by atoms with E-state index in [1.807, 2.05) is 44.2 Å². The number of benzene rings is 1. The molecule has 21 heavy (non-hydrogen) atoms. The lowest BCUT2D eigenvalue weighted by Crippen LogP contribution is -2.00. The zero-order valence-corrected chi connectivity index (χ0v) is 12.0. The van der Waals surface area contributed by atoms with Gasteiger partial charge in [0.2, 0.25) is 5.89 Å². The first kappa shape index (κ1) is 13.4. The Kier molecular flexibility index (Phi) is 3.68. The van der Waals surface area contributed by atoms with Gasteiger partial charge in [0, 0.05) is 18.0 Å². The summed E-state index contributed by atoms with van der Waals surface area (Å²) in [6.07, 6.45) is 1.80. The van der Waals surface area contributed by atoms with Crippen LogP contribution in [0, 0.1) is 0 Å². The molecule has 0 atom stereocenters. The number of rotatable bonds is 5. The van der Waals surface area contributed by atoms with Crippen LogP contribution in [0.1, 0.15) is 31.2 Å². The fourth-order valence-corrected chi connectivity index (χ4v) is 2.01. The van der Waals surface area contributed by atoms with Gasteiger partial charge in [-0.3, -0.25) is 5.10 Å². The first-order valence-electron chi connectivity index (χ1n) is 6.89. The maximum absolute atomic E-state index is 5.52. The van der Waals surface area contributed by atoms with Crippen LogP contribution in [0.15, 0.2) is 40.9 Å². The van der Waals surface area contributed by atoms with E-state index in [0.29, 0.717) is 18.5 Å². The van der Waals surface area contributed by atoms with Crippen LogP contribution in [0.25, 0.3) is 11.3 Å². The Labute approximate surface area is 122 Å². The Hall–Kier alpha value is -2.63. The molecule has 0 amide bonds. The van der Waals surface area contributed by atoms with Crippen LogP contribution in [-0.4, -0.2) is 20.4 Å². The summed E-state index contributed by atoms with van der Waals surface area (Å²) < 4.78 is 5.52. The molecule has 0 radical (unpaired) electrons. The molecule has 3 rings (SSSR count). The monoisotopic (exact) mass is 283 g/mol. The van der Waals surface area contributed by atoms with E-state index >= 15 is 0 Å². The third-order valence-corrected chi connectivity index (χ3v) is 3.14. The van der Waals surface area contributed by atoms with E-state index in [9.17, 15) is 0 Å². The van der Waals surface area contributed by atoms with Gasteiger partial charge in [0.15, 0.2) is 0 Å². The van der Waals surface area contributed by atoms with Crippen LogP contribution in [0.4, 0.5) is 6.01 Å². The number of H-pyrrole nitrogens is 1. The lowest BCUT2D eigenvalue weighted by molar-refractivity contribution is 0.480. The Morgan fingerprint density at radius 1 is 1.19 bits per heavy atom. The highest BCUT2D eigenvalue weighted by Crippen LogP contribution is 2.22. The topological polar surface area (TPSA) is 79.6 Å². The van der Waals surface area contributed by atoms with Gasteiger partial charge in [0.25, 0.3) is 0 Å². The van der Waals surface area contributed by atoms with Gasteiger partial charge in [0.05, 0.1) is 11.9 Å². The molecule has 6 heteroatoms. The van der Waals surface area contributed by atoms with Gasteiger partial charge >= 0.3 is 6.01 Å². The number of nitrogens with one attached hydrogen (secondary N) is 2. The first-order valence-corrected chi connectivity index (χ1v) is 6.89. The normalized spacial score (nSPS) is 11.0. The van der Waals surface area contributed by atoms with Crippen molar-refractivity contribution in [2.45, 2.75) is 26.3 Å². The van der Waals surface area contributed by atoms with Crippen LogP contribution < -0.4 is 5.32 Å². The van der Waals surface area contributed by atoms with Crippen LogP contribution in [0.3, 0.4) is 0 Å². The lowest BCUT2D eigenvalue weighted by atomic mass is 10.1. The number of hydrogen-bond acceptors (Lipinski definition) is 5. The predicted octanol–water partition coefficient (Wildman–Crippen LogP) is 3.20. The molecule has 0 aliphatic carbocycles. The molecule has 0 aliphatic heterocycles. The zero-order valence-electron chi connectivity index (χ0n) is 12.0.